The van der Waals surface area contributed by atoms with Crippen molar-refractivity contribution in [3.05, 3.63) is 64.1 Å². The van der Waals surface area contributed by atoms with Crippen molar-refractivity contribution in [2.45, 2.75) is 37.3 Å². The molecule has 0 bridgehead atoms. The van der Waals surface area contributed by atoms with Crippen LogP contribution in [0.25, 0.3) is 0 Å². The predicted molar refractivity (Wildman–Crippen MR) is 115 cm³/mol. The van der Waals surface area contributed by atoms with Crippen molar-refractivity contribution < 1.29 is 9.59 Å². The second-order valence-corrected chi connectivity index (χ2v) is 7.74. The Morgan fingerprint density at radius 3 is 2.53 bits per heavy atom. The molecular weight excluding hydrogens is 406 g/mol. The molecule has 30 heavy (non-hydrogen) atoms. The highest BCUT2D eigenvalue weighted by Crippen LogP contribution is 2.29. The van der Waals surface area contributed by atoms with Gasteiger partial charge in [-0.25, -0.2) is 5.10 Å². The van der Waals surface area contributed by atoms with Gasteiger partial charge in [0.2, 0.25) is 5.91 Å². The van der Waals surface area contributed by atoms with Gasteiger partial charge in [0.1, 0.15) is 11.7 Å². The lowest BCUT2D eigenvalue weighted by Gasteiger charge is -2.36. The minimum absolute atomic E-state index is 0. The van der Waals surface area contributed by atoms with Crippen molar-refractivity contribution in [3.63, 3.8) is 0 Å². The van der Waals surface area contributed by atoms with Crippen molar-refractivity contribution in [3.8, 4) is 0 Å². The lowest BCUT2D eigenvalue weighted by Crippen LogP contribution is -2.53. The SMILES string of the molecule is Cl.N[C@@H]1CN(C(=O)C2CCCCN2C(=O)c2ccc(=O)[nH]n2)C[C@H]1c1ccccc1. The van der Waals surface area contributed by atoms with E-state index >= 15 is 0 Å². The van der Waals surface area contributed by atoms with Crippen molar-refractivity contribution in [1.29, 1.82) is 0 Å². The Kier molecular flexibility index (Phi) is 6.89. The van der Waals surface area contributed by atoms with Crippen LogP contribution in [-0.4, -0.2) is 63.5 Å². The predicted octanol–water partition coefficient (Wildman–Crippen LogP) is 1.14. The smallest absolute Gasteiger partial charge is 0.274 e. The number of likely N-dealkylation sites (tertiary alicyclic amines) is 2. The van der Waals surface area contributed by atoms with Crippen LogP contribution in [0.2, 0.25) is 0 Å². The zero-order valence-electron chi connectivity index (χ0n) is 16.6. The fraction of sp³-hybridized carbons (Fsp3) is 0.429. The maximum Gasteiger partial charge on any atom is 0.274 e. The van der Waals surface area contributed by atoms with Crippen LogP contribution in [0.3, 0.4) is 0 Å². The van der Waals surface area contributed by atoms with Gasteiger partial charge in [-0.1, -0.05) is 30.3 Å². The summed E-state index contributed by atoms with van der Waals surface area (Å²) < 4.78 is 0. The van der Waals surface area contributed by atoms with Gasteiger partial charge in [-0.15, -0.1) is 12.4 Å². The van der Waals surface area contributed by atoms with Gasteiger partial charge in [0, 0.05) is 37.7 Å². The third kappa shape index (κ3) is 4.39. The molecule has 2 fully saturated rings. The van der Waals surface area contributed by atoms with E-state index in [1.807, 2.05) is 30.3 Å². The van der Waals surface area contributed by atoms with Crippen LogP contribution in [0, 0.1) is 0 Å². The monoisotopic (exact) mass is 431 g/mol. The van der Waals surface area contributed by atoms with Crippen LogP contribution in [-0.2, 0) is 4.79 Å². The number of amides is 2. The van der Waals surface area contributed by atoms with Crippen LogP contribution in [0.4, 0.5) is 0 Å². The summed E-state index contributed by atoms with van der Waals surface area (Å²) in [5.74, 6) is -0.299. The molecule has 8 nitrogen and oxygen atoms in total. The number of halogens is 1. The molecule has 2 aliphatic heterocycles. The molecule has 9 heteroatoms. The molecule has 2 aromatic rings. The molecule has 3 atom stereocenters. The molecule has 4 rings (SSSR count). The number of hydrogen-bond acceptors (Lipinski definition) is 5. The van der Waals surface area contributed by atoms with Crippen LogP contribution < -0.4 is 11.3 Å². The third-order valence-electron chi connectivity index (χ3n) is 5.85. The van der Waals surface area contributed by atoms with E-state index in [2.05, 4.69) is 10.2 Å². The fourth-order valence-electron chi connectivity index (χ4n) is 4.31. The maximum absolute atomic E-state index is 13.3. The average Bonchev–Trinajstić information content (AvgIpc) is 3.15. The molecule has 0 aliphatic carbocycles. The summed E-state index contributed by atoms with van der Waals surface area (Å²) in [6.45, 7) is 1.53. The molecule has 2 amide bonds. The van der Waals surface area contributed by atoms with Crippen LogP contribution >= 0.6 is 12.4 Å². The van der Waals surface area contributed by atoms with Crippen molar-refractivity contribution in [2.75, 3.05) is 19.6 Å². The molecule has 0 radical (unpaired) electrons. The van der Waals surface area contributed by atoms with Crippen molar-refractivity contribution in [1.82, 2.24) is 20.0 Å². The summed E-state index contributed by atoms with van der Waals surface area (Å²) in [7, 11) is 0. The van der Waals surface area contributed by atoms with Gasteiger partial charge in [0.15, 0.2) is 0 Å². The van der Waals surface area contributed by atoms with Crippen LogP contribution in [0.15, 0.2) is 47.3 Å². The Morgan fingerprint density at radius 2 is 1.83 bits per heavy atom. The number of nitrogens with one attached hydrogen (secondary N) is 1. The van der Waals surface area contributed by atoms with Crippen molar-refractivity contribution >= 4 is 24.2 Å². The Hall–Kier alpha value is -2.71. The van der Waals surface area contributed by atoms with E-state index < -0.39 is 6.04 Å². The number of piperidine rings is 1. The number of rotatable bonds is 3. The van der Waals surface area contributed by atoms with E-state index in [0.717, 1.165) is 18.4 Å². The first-order valence-corrected chi connectivity index (χ1v) is 10.0. The molecule has 0 saturated carbocycles. The zero-order chi connectivity index (χ0) is 20.4. The summed E-state index contributed by atoms with van der Waals surface area (Å²) in [6.07, 6.45) is 2.35. The first-order chi connectivity index (χ1) is 14.0. The molecular formula is C21H26ClN5O3. The summed E-state index contributed by atoms with van der Waals surface area (Å²) in [6, 6.07) is 12.0. The minimum Gasteiger partial charge on any atom is -0.339 e. The largest absolute Gasteiger partial charge is 0.339 e. The van der Waals surface area contributed by atoms with Crippen molar-refractivity contribution in [2.24, 2.45) is 5.73 Å². The van der Waals surface area contributed by atoms with Crippen LogP contribution in [0.5, 0.6) is 0 Å². The maximum atomic E-state index is 13.3. The highest BCUT2D eigenvalue weighted by Gasteiger charge is 2.40. The van der Waals surface area contributed by atoms with Gasteiger partial charge in [-0.3, -0.25) is 14.4 Å². The normalized spacial score (nSPS) is 23.7. The van der Waals surface area contributed by atoms with E-state index in [4.69, 9.17) is 5.73 Å². The van der Waals surface area contributed by atoms with Gasteiger partial charge in [-0.05, 0) is 30.9 Å². The Balaban J connectivity index is 0.00000256. The average molecular weight is 432 g/mol. The first-order valence-electron chi connectivity index (χ1n) is 10.0. The van der Waals surface area contributed by atoms with Gasteiger partial charge < -0.3 is 15.5 Å². The molecule has 1 aromatic heterocycles. The fourth-order valence-corrected chi connectivity index (χ4v) is 4.31. The Morgan fingerprint density at radius 1 is 1.07 bits per heavy atom. The summed E-state index contributed by atoms with van der Waals surface area (Å²) in [4.78, 5) is 40.9. The number of benzene rings is 1. The highest BCUT2D eigenvalue weighted by atomic mass is 35.5. The van der Waals surface area contributed by atoms with E-state index in [1.165, 1.54) is 12.1 Å². The first kappa shape index (κ1) is 22.0. The molecule has 2 saturated heterocycles. The van der Waals surface area contributed by atoms with E-state index in [-0.39, 0.29) is 47.4 Å². The lowest BCUT2D eigenvalue weighted by molar-refractivity contribution is -0.136. The zero-order valence-corrected chi connectivity index (χ0v) is 17.4. The number of nitrogens with zero attached hydrogens (tertiary/aromatic N) is 3. The Labute approximate surface area is 180 Å². The number of H-pyrrole nitrogens is 1. The standard InChI is InChI=1S/C21H25N5O3.ClH/c22-16-13-25(12-15(16)14-6-2-1-3-7-14)21(29)18-8-4-5-11-26(18)20(28)17-9-10-19(27)24-23-17;/h1-3,6-7,9-10,15-16,18H,4-5,8,11-13,22H2,(H,24,27);1H/t15-,16+,18?;/m0./s1. The summed E-state index contributed by atoms with van der Waals surface area (Å²) in [5.41, 5.74) is 7.25. The number of aromatic nitrogens is 2. The molecule has 3 N–H and O–H groups in total. The number of carbonyl (C=O) groups excluding carboxylic acids is 2. The van der Waals surface area contributed by atoms with Gasteiger partial charge in [-0.2, -0.15) is 5.10 Å². The van der Waals surface area contributed by atoms with E-state index in [1.54, 1.807) is 9.80 Å². The molecule has 160 valence electrons. The van der Waals surface area contributed by atoms with Crippen LogP contribution in [0.1, 0.15) is 41.2 Å². The number of hydrogen-bond donors (Lipinski definition) is 2. The quantitative estimate of drug-likeness (QED) is 0.756. The van der Waals surface area contributed by atoms with Gasteiger partial charge in [0.25, 0.3) is 11.5 Å². The molecule has 1 aromatic carbocycles. The summed E-state index contributed by atoms with van der Waals surface area (Å²) in [5, 5.41) is 6.12. The number of aromatic amines is 1. The number of carbonyl (C=O) groups is 2. The second kappa shape index (κ2) is 9.40. The molecule has 1 unspecified atom stereocenters. The summed E-state index contributed by atoms with van der Waals surface area (Å²) >= 11 is 0. The van der Waals surface area contributed by atoms with E-state index in [0.29, 0.717) is 26.1 Å². The third-order valence-corrected chi connectivity index (χ3v) is 5.85. The van der Waals surface area contributed by atoms with Gasteiger partial charge >= 0.3 is 0 Å². The molecule has 0 spiro atoms. The topological polar surface area (TPSA) is 112 Å². The molecule has 2 aliphatic rings. The highest BCUT2D eigenvalue weighted by molar-refractivity contribution is 5.96. The Bertz CT molecular complexity index is 931. The number of nitrogens with two attached hydrogens (primary N) is 1. The minimum atomic E-state index is -0.522. The lowest BCUT2D eigenvalue weighted by atomic mass is 9.95. The molecule has 3 heterocycles. The second-order valence-electron chi connectivity index (χ2n) is 7.74. The van der Waals surface area contributed by atoms with Gasteiger partial charge in [0.05, 0.1) is 0 Å². The van der Waals surface area contributed by atoms with E-state index in [9.17, 15) is 14.4 Å².